The third kappa shape index (κ3) is 4.97. The summed E-state index contributed by atoms with van der Waals surface area (Å²) in [6.07, 6.45) is 1.94. The lowest BCUT2D eigenvalue weighted by Gasteiger charge is -2.22. The second-order valence-electron chi connectivity index (χ2n) is 3.70. The van der Waals surface area contributed by atoms with Crippen LogP contribution in [-0.2, 0) is 14.3 Å². The van der Waals surface area contributed by atoms with Gasteiger partial charge in [-0.1, -0.05) is 0 Å². The number of carbonyl (C=O) groups excluding carboxylic acids is 2. The molecule has 2 amide bonds. The molecule has 0 aromatic carbocycles. The third-order valence-electron chi connectivity index (χ3n) is 2.51. The Kier molecular flexibility index (Phi) is 5.63. The van der Waals surface area contributed by atoms with E-state index >= 15 is 0 Å². The topological polar surface area (TPSA) is 76.7 Å². The van der Waals surface area contributed by atoms with Crippen LogP contribution in [0.4, 0.5) is 4.79 Å². The van der Waals surface area contributed by atoms with Crippen LogP contribution < -0.4 is 10.6 Å². The second-order valence-corrected chi connectivity index (χ2v) is 3.70. The molecule has 0 saturated carbocycles. The van der Waals surface area contributed by atoms with Crippen LogP contribution in [0.3, 0.4) is 0 Å². The first-order valence-electron chi connectivity index (χ1n) is 5.38. The molecule has 92 valence electrons. The minimum absolute atomic E-state index is 0.101. The second kappa shape index (κ2) is 7.05. The fourth-order valence-corrected chi connectivity index (χ4v) is 1.47. The minimum Gasteiger partial charge on any atom is -0.468 e. The molecular formula is C10H18N2O4. The Morgan fingerprint density at radius 1 is 1.31 bits per heavy atom. The fourth-order valence-electron chi connectivity index (χ4n) is 1.47. The molecule has 2 N–H and O–H groups in total. The maximum absolute atomic E-state index is 11.2. The Labute approximate surface area is 94.7 Å². The van der Waals surface area contributed by atoms with Gasteiger partial charge in [-0.2, -0.15) is 0 Å². The van der Waals surface area contributed by atoms with Crippen LogP contribution in [0.2, 0.25) is 0 Å². The highest BCUT2D eigenvalue weighted by molar-refractivity contribution is 5.80. The summed E-state index contributed by atoms with van der Waals surface area (Å²) in [4.78, 5) is 22.0. The number of hydrogen-bond donors (Lipinski definition) is 2. The monoisotopic (exact) mass is 230 g/mol. The Balaban J connectivity index is 2.07. The molecule has 0 aromatic heterocycles. The molecule has 0 unspecified atom stereocenters. The summed E-state index contributed by atoms with van der Waals surface area (Å²) >= 11 is 0. The summed E-state index contributed by atoms with van der Waals surface area (Å²) in [7, 11) is 1.28. The van der Waals surface area contributed by atoms with Crippen molar-refractivity contribution in [3.8, 4) is 0 Å². The molecule has 0 aromatic rings. The molecule has 6 heteroatoms. The lowest BCUT2D eigenvalue weighted by molar-refractivity contribution is -0.139. The summed E-state index contributed by atoms with van der Waals surface area (Å²) in [5.41, 5.74) is 0. The summed E-state index contributed by atoms with van der Waals surface area (Å²) in [6, 6.07) is -0.336. The number of amides is 2. The molecule has 1 rings (SSSR count). The van der Waals surface area contributed by atoms with Gasteiger partial charge in [0.25, 0.3) is 0 Å². The van der Waals surface area contributed by atoms with Gasteiger partial charge in [-0.25, -0.2) is 4.79 Å². The van der Waals surface area contributed by atoms with Crippen molar-refractivity contribution in [3.05, 3.63) is 0 Å². The smallest absolute Gasteiger partial charge is 0.325 e. The largest absolute Gasteiger partial charge is 0.468 e. The van der Waals surface area contributed by atoms with Crippen molar-refractivity contribution in [1.29, 1.82) is 0 Å². The van der Waals surface area contributed by atoms with Crippen LogP contribution in [0.15, 0.2) is 0 Å². The van der Waals surface area contributed by atoms with Gasteiger partial charge in [-0.15, -0.1) is 0 Å². The highest BCUT2D eigenvalue weighted by Gasteiger charge is 2.14. The Bertz CT molecular complexity index is 239. The van der Waals surface area contributed by atoms with Crippen LogP contribution in [0.5, 0.6) is 0 Å². The van der Waals surface area contributed by atoms with Crippen molar-refractivity contribution >= 4 is 12.0 Å². The van der Waals surface area contributed by atoms with E-state index < -0.39 is 5.97 Å². The molecule has 16 heavy (non-hydrogen) atoms. The number of ether oxygens (including phenoxy) is 2. The number of urea groups is 1. The Hall–Kier alpha value is -1.30. The average Bonchev–Trinajstić information content (AvgIpc) is 2.34. The number of rotatable bonds is 4. The number of methoxy groups -OCH3 is 1. The summed E-state index contributed by atoms with van der Waals surface area (Å²) in [6.45, 7) is 2.04. The Morgan fingerprint density at radius 2 is 2.00 bits per heavy atom. The van der Waals surface area contributed by atoms with E-state index in [1.54, 1.807) is 0 Å². The molecule has 1 aliphatic rings. The lowest BCUT2D eigenvalue weighted by Crippen LogP contribution is -2.41. The molecule has 6 nitrogen and oxygen atoms in total. The van der Waals surface area contributed by atoms with Crippen LogP contribution in [0.25, 0.3) is 0 Å². The molecule has 0 aliphatic carbocycles. The third-order valence-corrected chi connectivity index (χ3v) is 2.51. The van der Waals surface area contributed by atoms with Gasteiger partial charge in [0.1, 0.15) is 6.54 Å². The van der Waals surface area contributed by atoms with Crippen molar-refractivity contribution in [2.45, 2.75) is 12.8 Å². The molecular weight excluding hydrogens is 212 g/mol. The van der Waals surface area contributed by atoms with E-state index in [0.717, 1.165) is 26.1 Å². The highest BCUT2D eigenvalue weighted by Crippen LogP contribution is 2.12. The fraction of sp³-hybridized carbons (Fsp3) is 0.800. The molecule has 1 heterocycles. The average molecular weight is 230 g/mol. The van der Waals surface area contributed by atoms with E-state index in [9.17, 15) is 9.59 Å². The highest BCUT2D eigenvalue weighted by atomic mass is 16.5. The number of hydrogen-bond acceptors (Lipinski definition) is 4. The van der Waals surface area contributed by atoms with E-state index in [4.69, 9.17) is 4.74 Å². The first kappa shape index (κ1) is 12.8. The van der Waals surface area contributed by atoms with Crippen molar-refractivity contribution in [3.63, 3.8) is 0 Å². The molecule has 1 aliphatic heterocycles. The number of esters is 1. The van der Waals surface area contributed by atoms with Gasteiger partial charge in [-0.05, 0) is 18.8 Å². The minimum atomic E-state index is -0.457. The maximum atomic E-state index is 11.2. The standard InChI is InChI=1S/C10H18N2O4/c1-15-9(13)7-12-10(14)11-6-8-2-4-16-5-3-8/h8H,2-7H2,1H3,(H2,11,12,14). The van der Waals surface area contributed by atoms with Gasteiger partial charge >= 0.3 is 12.0 Å². The van der Waals surface area contributed by atoms with E-state index in [0.29, 0.717) is 12.5 Å². The van der Waals surface area contributed by atoms with Crippen LogP contribution in [0, 0.1) is 5.92 Å². The first-order chi connectivity index (χ1) is 7.72. The van der Waals surface area contributed by atoms with E-state index in [1.165, 1.54) is 7.11 Å². The van der Waals surface area contributed by atoms with Gasteiger partial charge in [0.15, 0.2) is 0 Å². The van der Waals surface area contributed by atoms with Gasteiger partial charge in [0.2, 0.25) is 0 Å². The first-order valence-corrected chi connectivity index (χ1v) is 5.38. The van der Waals surface area contributed by atoms with Crippen molar-refractivity contribution in [2.75, 3.05) is 33.4 Å². The number of carbonyl (C=O) groups is 2. The van der Waals surface area contributed by atoms with Gasteiger partial charge in [0.05, 0.1) is 7.11 Å². The molecule has 1 saturated heterocycles. The SMILES string of the molecule is COC(=O)CNC(=O)NCC1CCOCC1. The molecule has 0 atom stereocenters. The predicted octanol–water partition coefficient (Wildman–Crippen LogP) is -0.115. The van der Waals surface area contributed by atoms with Gasteiger partial charge in [-0.3, -0.25) is 4.79 Å². The van der Waals surface area contributed by atoms with Crippen molar-refractivity contribution in [1.82, 2.24) is 10.6 Å². The normalized spacial score (nSPS) is 16.6. The van der Waals surface area contributed by atoms with E-state index in [1.807, 2.05) is 0 Å². The van der Waals surface area contributed by atoms with E-state index in [-0.39, 0.29) is 12.6 Å². The zero-order valence-corrected chi connectivity index (χ0v) is 9.45. The summed E-state index contributed by atoms with van der Waals surface area (Å²) < 4.78 is 9.61. The van der Waals surface area contributed by atoms with Crippen LogP contribution in [0.1, 0.15) is 12.8 Å². The Morgan fingerprint density at radius 3 is 2.62 bits per heavy atom. The van der Waals surface area contributed by atoms with Crippen LogP contribution >= 0.6 is 0 Å². The molecule has 0 radical (unpaired) electrons. The quantitative estimate of drug-likeness (QED) is 0.660. The summed E-state index contributed by atoms with van der Waals surface area (Å²) in [5, 5.41) is 5.14. The van der Waals surface area contributed by atoms with Crippen LogP contribution in [-0.4, -0.2) is 45.4 Å². The zero-order valence-electron chi connectivity index (χ0n) is 9.45. The van der Waals surface area contributed by atoms with Gasteiger partial charge < -0.3 is 20.1 Å². The predicted molar refractivity (Wildman–Crippen MR) is 57.0 cm³/mol. The van der Waals surface area contributed by atoms with Crippen molar-refractivity contribution < 1.29 is 19.1 Å². The molecule has 0 bridgehead atoms. The zero-order chi connectivity index (χ0) is 11.8. The van der Waals surface area contributed by atoms with E-state index in [2.05, 4.69) is 15.4 Å². The summed E-state index contributed by atoms with van der Waals surface area (Å²) in [5.74, 6) is 0.0128. The lowest BCUT2D eigenvalue weighted by atomic mass is 10.0. The molecule has 0 spiro atoms. The number of nitrogens with one attached hydrogen (secondary N) is 2. The maximum Gasteiger partial charge on any atom is 0.325 e. The van der Waals surface area contributed by atoms with Gasteiger partial charge in [0, 0.05) is 19.8 Å². The van der Waals surface area contributed by atoms with Crippen molar-refractivity contribution in [2.24, 2.45) is 5.92 Å². The molecule has 1 fully saturated rings.